The van der Waals surface area contributed by atoms with Crippen LogP contribution in [0, 0.1) is 12.8 Å². The predicted molar refractivity (Wildman–Crippen MR) is 105 cm³/mol. The summed E-state index contributed by atoms with van der Waals surface area (Å²) in [6.07, 6.45) is 5.24. The van der Waals surface area contributed by atoms with Gasteiger partial charge in [0.2, 0.25) is 0 Å². The lowest BCUT2D eigenvalue weighted by atomic mass is 9.95. The molecule has 2 aromatic rings. The molecule has 0 N–H and O–H groups in total. The Morgan fingerprint density at radius 1 is 1.11 bits per heavy atom. The van der Waals surface area contributed by atoms with Crippen LogP contribution in [0.25, 0.3) is 0 Å². The summed E-state index contributed by atoms with van der Waals surface area (Å²) >= 11 is 0. The number of pyridine rings is 1. The molecule has 0 radical (unpaired) electrons. The zero-order valence-corrected chi connectivity index (χ0v) is 16.1. The van der Waals surface area contributed by atoms with E-state index in [1.54, 1.807) is 24.5 Å². The highest BCUT2D eigenvalue weighted by atomic mass is 16.5. The fourth-order valence-corrected chi connectivity index (χ4v) is 4.09. The van der Waals surface area contributed by atoms with Crippen molar-refractivity contribution in [1.82, 2.24) is 14.8 Å². The van der Waals surface area contributed by atoms with Crippen LogP contribution in [0.3, 0.4) is 0 Å². The summed E-state index contributed by atoms with van der Waals surface area (Å²) in [5, 5.41) is 0. The van der Waals surface area contributed by atoms with E-state index in [9.17, 15) is 9.59 Å². The molecule has 1 aromatic carbocycles. The monoisotopic (exact) mass is 379 g/mol. The van der Waals surface area contributed by atoms with E-state index in [1.807, 2.05) is 41.0 Å². The number of hydrogen-bond donors (Lipinski definition) is 0. The lowest BCUT2D eigenvalue weighted by Crippen LogP contribution is -2.49. The van der Waals surface area contributed by atoms with Gasteiger partial charge in [0, 0.05) is 38.1 Å². The van der Waals surface area contributed by atoms with Crippen molar-refractivity contribution >= 4 is 11.8 Å². The van der Waals surface area contributed by atoms with Crippen LogP contribution < -0.4 is 4.74 Å². The van der Waals surface area contributed by atoms with Crippen LogP contribution in [0.2, 0.25) is 0 Å². The zero-order valence-electron chi connectivity index (χ0n) is 16.1. The van der Waals surface area contributed by atoms with E-state index in [0.717, 1.165) is 18.4 Å². The molecule has 3 saturated heterocycles. The first kappa shape index (κ1) is 18.5. The minimum absolute atomic E-state index is 0.00444. The molecule has 3 aliphatic heterocycles. The summed E-state index contributed by atoms with van der Waals surface area (Å²) in [4.78, 5) is 33.5. The van der Waals surface area contributed by atoms with Crippen LogP contribution in [-0.4, -0.2) is 58.9 Å². The Kier molecular flexibility index (Phi) is 5.28. The van der Waals surface area contributed by atoms with Crippen LogP contribution in [0.4, 0.5) is 0 Å². The highest BCUT2D eigenvalue weighted by Crippen LogP contribution is 2.29. The number of ether oxygens (including phenoxy) is 1. The predicted octanol–water partition coefficient (Wildman–Crippen LogP) is 2.53. The number of carbonyl (C=O) groups excluding carboxylic acids is 2. The highest BCUT2D eigenvalue weighted by Gasteiger charge is 2.38. The molecule has 6 nitrogen and oxygen atoms in total. The molecule has 28 heavy (non-hydrogen) atoms. The average molecular weight is 379 g/mol. The van der Waals surface area contributed by atoms with Gasteiger partial charge in [-0.1, -0.05) is 17.7 Å². The summed E-state index contributed by atoms with van der Waals surface area (Å²) < 4.78 is 5.69. The number of nitrogens with zero attached hydrogens (tertiary/aromatic N) is 3. The first-order chi connectivity index (χ1) is 13.6. The summed E-state index contributed by atoms with van der Waals surface area (Å²) in [6.45, 7) is 4.00. The van der Waals surface area contributed by atoms with Gasteiger partial charge in [0.1, 0.15) is 5.75 Å². The number of aryl methyl sites for hydroxylation is 1. The van der Waals surface area contributed by atoms with Gasteiger partial charge in [0.15, 0.2) is 6.61 Å². The van der Waals surface area contributed by atoms with Crippen molar-refractivity contribution in [2.75, 3.05) is 26.2 Å². The topological polar surface area (TPSA) is 62.7 Å². The Morgan fingerprint density at radius 2 is 1.93 bits per heavy atom. The molecular formula is C22H25N3O3. The molecule has 0 aliphatic carbocycles. The quantitative estimate of drug-likeness (QED) is 0.819. The molecule has 2 unspecified atom stereocenters. The Labute approximate surface area is 165 Å². The van der Waals surface area contributed by atoms with Gasteiger partial charge in [-0.25, -0.2) is 0 Å². The van der Waals surface area contributed by atoms with Gasteiger partial charge >= 0.3 is 0 Å². The Balaban J connectivity index is 1.41. The Bertz CT molecular complexity index is 838. The van der Waals surface area contributed by atoms with E-state index in [1.165, 1.54) is 0 Å². The number of hydrogen-bond acceptors (Lipinski definition) is 4. The highest BCUT2D eigenvalue weighted by molar-refractivity contribution is 5.94. The van der Waals surface area contributed by atoms with Gasteiger partial charge in [-0.15, -0.1) is 0 Å². The summed E-state index contributed by atoms with van der Waals surface area (Å²) in [5.74, 6) is 0.996. The summed E-state index contributed by atoms with van der Waals surface area (Å²) in [5.41, 5.74) is 1.76. The first-order valence-electron chi connectivity index (χ1n) is 9.78. The molecule has 1 aromatic heterocycles. The van der Waals surface area contributed by atoms with Gasteiger partial charge in [-0.3, -0.25) is 14.6 Å². The molecule has 0 spiro atoms. The van der Waals surface area contributed by atoms with E-state index in [-0.39, 0.29) is 24.5 Å². The molecule has 146 valence electrons. The minimum Gasteiger partial charge on any atom is -0.484 e. The lowest BCUT2D eigenvalue weighted by molar-refractivity contribution is -0.137. The van der Waals surface area contributed by atoms with Crippen molar-refractivity contribution in [3.05, 3.63) is 59.9 Å². The standard InChI is InChI=1S/C22H25N3O3/c1-16-4-8-20(9-5-16)28-15-21(26)25-13-17-6-7-19(25)14-24(12-17)22(27)18-3-2-10-23-11-18/h2-5,8-11,17,19H,6-7,12-15H2,1H3. The van der Waals surface area contributed by atoms with Crippen LogP contribution in [0.1, 0.15) is 28.8 Å². The fraction of sp³-hybridized carbons (Fsp3) is 0.409. The second kappa shape index (κ2) is 8.00. The van der Waals surface area contributed by atoms with Crippen molar-refractivity contribution < 1.29 is 14.3 Å². The third kappa shape index (κ3) is 4.01. The van der Waals surface area contributed by atoms with E-state index >= 15 is 0 Å². The van der Waals surface area contributed by atoms with Crippen molar-refractivity contribution in [3.63, 3.8) is 0 Å². The number of piperidine rings is 1. The van der Waals surface area contributed by atoms with E-state index in [2.05, 4.69) is 4.98 Å². The van der Waals surface area contributed by atoms with Gasteiger partial charge in [-0.05, 0) is 49.9 Å². The summed E-state index contributed by atoms with van der Waals surface area (Å²) in [7, 11) is 0. The number of benzene rings is 1. The zero-order chi connectivity index (χ0) is 19.5. The molecule has 6 heteroatoms. The number of aromatic nitrogens is 1. The molecule has 5 rings (SSSR count). The van der Waals surface area contributed by atoms with Crippen LogP contribution >= 0.6 is 0 Å². The van der Waals surface area contributed by atoms with Crippen molar-refractivity contribution in [3.8, 4) is 5.75 Å². The van der Waals surface area contributed by atoms with Crippen LogP contribution in [-0.2, 0) is 4.79 Å². The molecular weight excluding hydrogens is 354 g/mol. The second-order valence-corrected chi connectivity index (χ2v) is 7.70. The first-order valence-corrected chi connectivity index (χ1v) is 9.78. The third-order valence-electron chi connectivity index (χ3n) is 5.61. The lowest BCUT2D eigenvalue weighted by Gasteiger charge is -2.36. The number of rotatable bonds is 4. The number of carbonyl (C=O) groups is 2. The van der Waals surface area contributed by atoms with E-state index in [0.29, 0.717) is 36.9 Å². The third-order valence-corrected chi connectivity index (χ3v) is 5.61. The molecule has 2 atom stereocenters. The maximum Gasteiger partial charge on any atom is 0.260 e. The smallest absolute Gasteiger partial charge is 0.260 e. The molecule has 0 saturated carbocycles. The largest absolute Gasteiger partial charge is 0.484 e. The average Bonchev–Trinajstić information content (AvgIpc) is 3.05. The van der Waals surface area contributed by atoms with Gasteiger partial charge in [-0.2, -0.15) is 0 Å². The SMILES string of the molecule is Cc1ccc(OCC(=O)N2CC3CCC2CN(C(=O)c2cccnc2)C3)cc1. The molecule has 3 fully saturated rings. The maximum atomic E-state index is 12.8. The van der Waals surface area contributed by atoms with Gasteiger partial charge < -0.3 is 14.5 Å². The van der Waals surface area contributed by atoms with Gasteiger partial charge in [0.25, 0.3) is 11.8 Å². The fourth-order valence-electron chi connectivity index (χ4n) is 4.09. The number of amides is 2. The Hall–Kier alpha value is -2.89. The molecule has 2 bridgehead atoms. The van der Waals surface area contributed by atoms with Crippen LogP contribution in [0.15, 0.2) is 48.8 Å². The van der Waals surface area contributed by atoms with Crippen molar-refractivity contribution in [2.45, 2.75) is 25.8 Å². The molecule has 3 aliphatic rings. The molecule has 2 amide bonds. The van der Waals surface area contributed by atoms with Crippen molar-refractivity contribution in [1.29, 1.82) is 0 Å². The van der Waals surface area contributed by atoms with Crippen LogP contribution in [0.5, 0.6) is 5.75 Å². The van der Waals surface area contributed by atoms with Crippen molar-refractivity contribution in [2.24, 2.45) is 5.92 Å². The normalized spacial score (nSPS) is 21.3. The summed E-state index contributed by atoms with van der Waals surface area (Å²) in [6, 6.07) is 11.3. The van der Waals surface area contributed by atoms with E-state index in [4.69, 9.17) is 4.74 Å². The molecule has 4 heterocycles. The van der Waals surface area contributed by atoms with E-state index < -0.39 is 0 Å². The van der Waals surface area contributed by atoms with Gasteiger partial charge in [0.05, 0.1) is 5.56 Å². The number of fused-ring (bicyclic) bond motifs is 4. The Morgan fingerprint density at radius 3 is 2.68 bits per heavy atom. The minimum atomic E-state index is -0.00838. The maximum absolute atomic E-state index is 12.8. The second-order valence-electron chi connectivity index (χ2n) is 7.70.